The minimum Gasteiger partial charge on any atom is -0.507 e. The molecule has 0 radical (unpaired) electrons. The zero-order valence-electron chi connectivity index (χ0n) is 18.1. The number of aliphatic hydroxyl groups is 3. The second kappa shape index (κ2) is 8.91. The van der Waals surface area contributed by atoms with Crippen LogP contribution in [0, 0.1) is 0 Å². The SMILES string of the molecule is COc1ccc(-c2cc(=O)c3c(O)cc(O[C@@H]4OC(C)[C@H](O)[C@H](O)C4O)cc3o2)cc1OC. The van der Waals surface area contributed by atoms with Crippen molar-refractivity contribution in [1.29, 1.82) is 0 Å². The van der Waals surface area contributed by atoms with Gasteiger partial charge < -0.3 is 43.8 Å². The molecule has 1 aliphatic heterocycles. The van der Waals surface area contributed by atoms with E-state index < -0.39 is 41.9 Å². The van der Waals surface area contributed by atoms with Crippen molar-refractivity contribution in [3.63, 3.8) is 0 Å². The van der Waals surface area contributed by atoms with E-state index in [-0.39, 0.29) is 22.5 Å². The summed E-state index contributed by atoms with van der Waals surface area (Å²) in [7, 11) is 2.99. The standard InChI is InChI=1S/C23H24O10/c1-10-20(26)21(27)22(28)23(31-10)32-12-7-13(24)19-14(25)9-16(33-18(19)8-12)11-4-5-15(29-2)17(6-11)30-3/h4-10,20-24,26-28H,1-3H3/t10?,20-,21-,22?,23-/m0/s1. The molecule has 1 aromatic heterocycles. The number of aliphatic hydroxyl groups excluding tert-OH is 3. The van der Waals surface area contributed by atoms with Crippen molar-refractivity contribution in [3.8, 4) is 34.3 Å². The first kappa shape index (κ1) is 22.9. The first-order valence-corrected chi connectivity index (χ1v) is 10.1. The molecule has 1 saturated heterocycles. The average molecular weight is 460 g/mol. The molecule has 0 saturated carbocycles. The van der Waals surface area contributed by atoms with Gasteiger partial charge in [-0.05, 0) is 25.1 Å². The maximum absolute atomic E-state index is 12.7. The zero-order valence-corrected chi connectivity index (χ0v) is 18.1. The van der Waals surface area contributed by atoms with Crippen LogP contribution in [0.1, 0.15) is 6.92 Å². The van der Waals surface area contributed by atoms with Crippen LogP contribution in [0.3, 0.4) is 0 Å². The number of rotatable bonds is 5. The van der Waals surface area contributed by atoms with Gasteiger partial charge in [0.15, 0.2) is 16.9 Å². The highest BCUT2D eigenvalue weighted by atomic mass is 16.7. The lowest BCUT2D eigenvalue weighted by Gasteiger charge is -2.38. The molecular formula is C23H24O10. The van der Waals surface area contributed by atoms with Crippen molar-refractivity contribution in [2.75, 3.05) is 14.2 Å². The molecule has 2 unspecified atom stereocenters. The Labute approximate surface area is 188 Å². The summed E-state index contributed by atoms with van der Waals surface area (Å²) < 4.78 is 27.4. The van der Waals surface area contributed by atoms with Crippen LogP contribution in [0.2, 0.25) is 0 Å². The first-order chi connectivity index (χ1) is 15.7. The van der Waals surface area contributed by atoms with E-state index in [4.69, 9.17) is 23.4 Å². The summed E-state index contributed by atoms with van der Waals surface area (Å²) in [5.41, 5.74) is 0.0850. The average Bonchev–Trinajstić information content (AvgIpc) is 2.80. The van der Waals surface area contributed by atoms with Crippen LogP contribution >= 0.6 is 0 Å². The molecule has 4 N–H and O–H groups in total. The molecule has 0 amide bonds. The fraction of sp³-hybridized carbons (Fsp3) is 0.348. The maximum atomic E-state index is 12.7. The Balaban J connectivity index is 1.73. The number of ether oxygens (including phenoxy) is 4. The van der Waals surface area contributed by atoms with Gasteiger partial charge in [0.05, 0.1) is 20.3 Å². The molecule has 10 heteroatoms. The molecule has 33 heavy (non-hydrogen) atoms. The number of methoxy groups -OCH3 is 2. The number of hydrogen-bond acceptors (Lipinski definition) is 10. The second-order valence-corrected chi connectivity index (χ2v) is 7.66. The molecule has 3 aromatic rings. The Morgan fingerprint density at radius 2 is 1.64 bits per heavy atom. The number of fused-ring (bicyclic) bond motifs is 1. The van der Waals surface area contributed by atoms with Gasteiger partial charge >= 0.3 is 0 Å². The largest absolute Gasteiger partial charge is 0.507 e. The molecule has 1 fully saturated rings. The van der Waals surface area contributed by atoms with Crippen molar-refractivity contribution in [2.45, 2.75) is 37.6 Å². The van der Waals surface area contributed by atoms with E-state index in [2.05, 4.69) is 0 Å². The van der Waals surface area contributed by atoms with Gasteiger partial charge in [-0.3, -0.25) is 4.79 Å². The van der Waals surface area contributed by atoms with Gasteiger partial charge in [-0.15, -0.1) is 0 Å². The lowest BCUT2D eigenvalue weighted by molar-refractivity contribution is -0.268. The third-order valence-electron chi connectivity index (χ3n) is 5.51. The van der Waals surface area contributed by atoms with E-state index in [1.54, 1.807) is 18.2 Å². The van der Waals surface area contributed by atoms with E-state index in [0.717, 1.165) is 0 Å². The number of benzene rings is 2. The third-order valence-corrected chi connectivity index (χ3v) is 5.51. The van der Waals surface area contributed by atoms with Gasteiger partial charge in [-0.1, -0.05) is 0 Å². The van der Waals surface area contributed by atoms with E-state index in [1.165, 1.54) is 39.3 Å². The van der Waals surface area contributed by atoms with Gasteiger partial charge in [-0.2, -0.15) is 0 Å². The third kappa shape index (κ3) is 4.21. The fourth-order valence-corrected chi connectivity index (χ4v) is 3.69. The maximum Gasteiger partial charge on any atom is 0.229 e. The minimum absolute atomic E-state index is 0.0208. The van der Waals surface area contributed by atoms with Crippen LogP contribution < -0.4 is 19.6 Å². The van der Waals surface area contributed by atoms with Crippen LogP contribution in [0.4, 0.5) is 0 Å². The molecule has 1 aliphatic rings. The summed E-state index contributed by atoms with van der Waals surface area (Å²) in [5, 5.41) is 40.4. The molecular weight excluding hydrogens is 436 g/mol. The van der Waals surface area contributed by atoms with Gasteiger partial charge in [0.2, 0.25) is 6.29 Å². The molecule has 176 valence electrons. The highest BCUT2D eigenvalue weighted by Crippen LogP contribution is 2.35. The molecule has 2 aromatic carbocycles. The predicted octanol–water partition coefficient (Wildman–Crippen LogP) is 1.39. The number of phenolic OH excluding ortho intramolecular Hbond substituents is 1. The molecule has 0 bridgehead atoms. The number of hydrogen-bond donors (Lipinski definition) is 4. The highest BCUT2D eigenvalue weighted by molar-refractivity contribution is 5.86. The topological polar surface area (TPSA) is 148 Å². The Hall–Kier alpha value is -3.31. The van der Waals surface area contributed by atoms with Crippen molar-refractivity contribution in [1.82, 2.24) is 0 Å². The minimum atomic E-state index is -1.54. The Bertz CT molecular complexity index is 1220. The Morgan fingerprint density at radius 3 is 2.33 bits per heavy atom. The molecule has 4 rings (SSSR count). The van der Waals surface area contributed by atoms with Crippen LogP contribution in [-0.4, -0.2) is 65.4 Å². The molecule has 10 nitrogen and oxygen atoms in total. The normalized spacial score (nSPS) is 25.1. The quantitative estimate of drug-likeness (QED) is 0.440. The molecule has 2 heterocycles. The summed E-state index contributed by atoms with van der Waals surface area (Å²) >= 11 is 0. The van der Waals surface area contributed by atoms with Gasteiger partial charge in [0, 0.05) is 23.8 Å². The van der Waals surface area contributed by atoms with E-state index >= 15 is 0 Å². The molecule has 0 spiro atoms. The van der Waals surface area contributed by atoms with Crippen molar-refractivity contribution in [3.05, 3.63) is 46.6 Å². The smallest absolute Gasteiger partial charge is 0.229 e. The molecule has 0 aliphatic carbocycles. The van der Waals surface area contributed by atoms with Gasteiger partial charge in [0.25, 0.3) is 0 Å². The lowest BCUT2D eigenvalue weighted by atomic mass is 10.00. The van der Waals surface area contributed by atoms with Crippen LogP contribution in [0.15, 0.2) is 45.6 Å². The Morgan fingerprint density at radius 1 is 0.909 bits per heavy atom. The second-order valence-electron chi connectivity index (χ2n) is 7.66. The van der Waals surface area contributed by atoms with Gasteiger partial charge in [-0.25, -0.2) is 0 Å². The van der Waals surface area contributed by atoms with Crippen molar-refractivity contribution >= 4 is 11.0 Å². The summed E-state index contributed by atoms with van der Waals surface area (Å²) in [5.74, 6) is 0.786. The highest BCUT2D eigenvalue weighted by Gasteiger charge is 2.43. The van der Waals surface area contributed by atoms with Crippen LogP contribution in [-0.2, 0) is 4.74 Å². The predicted molar refractivity (Wildman–Crippen MR) is 116 cm³/mol. The van der Waals surface area contributed by atoms with E-state index in [1.807, 2.05) is 0 Å². The summed E-state index contributed by atoms with van der Waals surface area (Å²) in [6.45, 7) is 1.52. The fourth-order valence-electron chi connectivity index (χ4n) is 3.69. The first-order valence-electron chi connectivity index (χ1n) is 10.1. The van der Waals surface area contributed by atoms with Crippen molar-refractivity contribution in [2.24, 2.45) is 0 Å². The molecule has 5 atom stereocenters. The van der Waals surface area contributed by atoms with E-state index in [0.29, 0.717) is 17.1 Å². The van der Waals surface area contributed by atoms with Crippen molar-refractivity contribution < 1.29 is 43.8 Å². The Kier molecular flexibility index (Phi) is 6.17. The lowest BCUT2D eigenvalue weighted by Crippen LogP contribution is -2.58. The summed E-state index contributed by atoms with van der Waals surface area (Å²) in [6.07, 6.45) is -6.44. The monoisotopic (exact) mass is 460 g/mol. The van der Waals surface area contributed by atoms with Crippen LogP contribution in [0.25, 0.3) is 22.3 Å². The zero-order chi connectivity index (χ0) is 23.9. The van der Waals surface area contributed by atoms with E-state index in [9.17, 15) is 25.2 Å². The number of aromatic hydroxyl groups is 1. The van der Waals surface area contributed by atoms with Gasteiger partial charge in [0.1, 0.15) is 46.5 Å². The number of phenols is 1. The van der Waals surface area contributed by atoms with Crippen LogP contribution in [0.5, 0.6) is 23.0 Å². The summed E-state index contributed by atoms with van der Waals surface area (Å²) in [4.78, 5) is 12.7. The summed E-state index contributed by atoms with van der Waals surface area (Å²) in [6, 6.07) is 8.77.